The van der Waals surface area contributed by atoms with Gasteiger partial charge < -0.3 is 4.74 Å². The van der Waals surface area contributed by atoms with Gasteiger partial charge in [0.15, 0.2) is 0 Å². The van der Waals surface area contributed by atoms with E-state index in [0.29, 0.717) is 17.4 Å². The fourth-order valence-corrected chi connectivity index (χ4v) is 2.81. The zero-order valence-corrected chi connectivity index (χ0v) is 15.2. The van der Waals surface area contributed by atoms with E-state index in [1.54, 1.807) is 23.7 Å². The van der Waals surface area contributed by atoms with Crippen molar-refractivity contribution in [3.8, 4) is 0 Å². The second-order valence-corrected chi connectivity index (χ2v) is 6.45. The normalized spacial score (nSPS) is 10.8. The lowest BCUT2D eigenvalue weighted by Gasteiger charge is -2.12. The zero-order chi connectivity index (χ0) is 17.1. The Balaban J connectivity index is 2.15. The van der Waals surface area contributed by atoms with Crippen molar-refractivity contribution in [1.29, 1.82) is 0 Å². The number of ether oxygens (including phenoxy) is 1. The molecule has 0 radical (unpaired) electrons. The van der Waals surface area contributed by atoms with E-state index in [-0.39, 0.29) is 12.3 Å². The first kappa shape index (κ1) is 16.6. The molecule has 0 N–H and O–H groups in total. The summed E-state index contributed by atoms with van der Waals surface area (Å²) >= 11 is 2.24. The lowest BCUT2D eigenvalue weighted by Crippen LogP contribution is -2.24. The highest BCUT2D eigenvalue weighted by Gasteiger charge is 2.18. The summed E-state index contributed by atoms with van der Waals surface area (Å²) in [5.74, 6) is -0.690. The highest BCUT2D eigenvalue weighted by molar-refractivity contribution is 14.1. The molecular weight excluding hydrogens is 419 g/mol. The number of esters is 1. The zero-order valence-electron chi connectivity index (χ0n) is 13.0. The fraction of sp³-hybridized carbons (Fsp3) is 0.167. The Kier molecular flexibility index (Phi) is 4.94. The molecule has 0 aliphatic rings. The number of fused-ring (bicyclic) bond motifs is 1. The molecule has 0 aliphatic heterocycles. The molecular formula is C18H15IN2O3. The Labute approximate surface area is 152 Å². The third-order valence-electron chi connectivity index (χ3n) is 3.58. The van der Waals surface area contributed by atoms with Crippen molar-refractivity contribution in [1.82, 2.24) is 9.78 Å². The van der Waals surface area contributed by atoms with E-state index in [0.717, 1.165) is 9.13 Å². The first-order chi connectivity index (χ1) is 11.6. The van der Waals surface area contributed by atoms with Gasteiger partial charge in [-0.1, -0.05) is 24.3 Å². The van der Waals surface area contributed by atoms with Gasteiger partial charge in [0.2, 0.25) is 11.1 Å². The van der Waals surface area contributed by atoms with Crippen LogP contribution in [0.25, 0.3) is 10.9 Å². The number of benzene rings is 2. The minimum atomic E-state index is -0.690. The summed E-state index contributed by atoms with van der Waals surface area (Å²) in [7, 11) is 0. The highest BCUT2D eigenvalue weighted by atomic mass is 127. The quantitative estimate of drug-likeness (QED) is 0.468. The number of halogens is 1. The van der Waals surface area contributed by atoms with Gasteiger partial charge in [0.05, 0.1) is 18.7 Å². The van der Waals surface area contributed by atoms with Gasteiger partial charge in [-0.2, -0.15) is 5.10 Å². The molecule has 0 bridgehead atoms. The SMILES string of the molecule is CCOC(=O)c1nn(Cc2ccc(I)cc2)c2ccccc2c1=O. The number of carbonyl (C=O) groups is 1. The standard InChI is InChI=1S/C18H15IN2O3/c1-2-24-18(23)16-17(22)14-5-3-4-6-15(14)21(20-16)11-12-7-9-13(19)10-8-12/h3-10H,2,11H2,1H3. The molecule has 0 saturated heterocycles. The number of carbonyl (C=O) groups excluding carboxylic acids is 1. The van der Waals surface area contributed by atoms with Crippen molar-refractivity contribution in [3.63, 3.8) is 0 Å². The topological polar surface area (TPSA) is 61.2 Å². The molecule has 0 unspecified atom stereocenters. The summed E-state index contributed by atoms with van der Waals surface area (Å²) in [6.07, 6.45) is 0. The fourth-order valence-electron chi connectivity index (χ4n) is 2.45. The van der Waals surface area contributed by atoms with Crippen molar-refractivity contribution < 1.29 is 9.53 Å². The molecule has 24 heavy (non-hydrogen) atoms. The number of rotatable bonds is 4. The minimum absolute atomic E-state index is 0.180. The van der Waals surface area contributed by atoms with Gasteiger partial charge in [-0.25, -0.2) is 4.79 Å². The average molecular weight is 434 g/mol. The average Bonchev–Trinajstić information content (AvgIpc) is 2.59. The van der Waals surface area contributed by atoms with Crippen LogP contribution < -0.4 is 5.43 Å². The monoisotopic (exact) mass is 434 g/mol. The number of aromatic nitrogens is 2. The van der Waals surface area contributed by atoms with E-state index < -0.39 is 11.4 Å². The van der Waals surface area contributed by atoms with Gasteiger partial charge in [-0.05, 0) is 59.3 Å². The smallest absolute Gasteiger partial charge is 0.362 e. The molecule has 2 aromatic carbocycles. The molecule has 122 valence electrons. The van der Waals surface area contributed by atoms with Crippen LogP contribution in [0.15, 0.2) is 53.3 Å². The van der Waals surface area contributed by atoms with Crippen LogP contribution in [0, 0.1) is 3.57 Å². The first-order valence-electron chi connectivity index (χ1n) is 7.51. The summed E-state index contributed by atoms with van der Waals surface area (Å²) in [6.45, 7) is 2.36. The Bertz CT molecular complexity index is 949. The number of hydrogen-bond acceptors (Lipinski definition) is 4. The molecule has 3 aromatic rings. The number of para-hydroxylation sites is 1. The Morgan fingerprint density at radius 2 is 1.88 bits per heavy atom. The molecule has 0 atom stereocenters. The Morgan fingerprint density at radius 3 is 2.58 bits per heavy atom. The van der Waals surface area contributed by atoms with Crippen molar-refractivity contribution in [3.05, 3.63) is 73.6 Å². The third-order valence-corrected chi connectivity index (χ3v) is 4.30. The van der Waals surface area contributed by atoms with E-state index in [1.807, 2.05) is 36.4 Å². The maximum Gasteiger partial charge on any atom is 0.362 e. The van der Waals surface area contributed by atoms with Crippen molar-refractivity contribution in [2.75, 3.05) is 6.61 Å². The van der Waals surface area contributed by atoms with Gasteiger partial charge in [0, 0.05) is 8.96 Å². The Morgan fingerprint density at radius 1 is 1.17 bits per heavy atom. The molecule has 5 nitrogen and oxygen atoms in total. The van der Waals surface area contributed by atoms with Gasteiger partial charge in [0.1, 0.15) is 0 Å². The third kappa shape index (κ3) is 3.33. The van der Waals surface area contributed by atoms with E-state index >= 15 is 0 Å². The van der Waals surface area contributed by atoms with Gasteiger partial charge in [-0.3, -0.25) is 9.48 Å². The summed E-state index contributed by atoms with van der Waals surface area (Å²) in [4.78, 5) is 24.6. The highest BCUT2D eigenvalue weighted by Crippen LogP contribution is 2.13. The molecule has 3 rings (SSSR count). The summed E-state index contributed by atoms with van der Waals surface area (Å²) in [5, 5.41) is 4.72. The molecule has 0 fully saturated rings. The van der Waals surface area contributed by atoms with Crippen molar-refractivity contribution >= 4 is 39.5 Å². The van der Waals surface area contributed by atoms with Crippen molar-refractivity contribution in [2.45, 2.75) is 13.5 Å². The molecule has 1 aromatic heterocycles. The molecule has 0 amide bonds. The largest absolute Gasteiger partial charge is 0.461 e. The van der Waals surface area contributed by atoms with Crippen LogP contribution in [-0.2, 0) is 11.3 Å². The van der Waals surface area contributed by atoms with Crippen molar-refractivity contribution in [2.24, 2.45) is 0 Å². The van der Waals surface area contributed by atoms with Crippen LogP contribution >= 0.6 is 22.6 Å². The first-order valence-corrected chi connectivity index (χ1v) is 8.59. The second-order valence-electron chi connectivity index (χ2n) is 5.20. The van der Waals surface area contributed by atoms with E-state index in [1.165, 1.54) is 0 Å². The van der Waals surface area contributed by atoms with E-state index in [9.17, 15) is 9.59 Å². The summed E-state index contributed by atoms with van der Waals surface area (Å²) in [6, 6.07) is 15.2. The molecule has 0 spiro atoms. The summed E-state index contributed by atoms with van der Waals surface area (Å²) in [5.41, 5.74) is 1.14. The number of nitrogens with zero attached hydrogens (tertiary/aromatic N) is 2. The minimum Gasteiger partial charge on any atom is -0.461 e. The van der Waals surface area contributed by atoms with E-state index in [4.69, 9.17) is 4.74 Å². The van der Waals surface area contributed by atoms with Gasteiger partial charge >= 0.3 is 5.97 Å². The van der Waals surface area contributed by atoms with Crippen LogP contribution in [0.2, 0.25) is 0 Å². The Hall–Kier alpha value is -2.22. The maximum atomic E-state index is 12.5. The second kappa shape index (κ2) is 7.12. The van der Waals surface area contributed by atoms with Crippen LogP contribution in [0.1, 0.15) is 23.0 Å². The van der Waals surface area contributed by atoms with Crippen LogP contribution in [0.5, 0.6) is 0 Å². The maximum absolute atomic E-state index is 12.5. The predicted molar refractivity (Wildman–Crippen MR) is 100 cm³/mol. The number of hydrogen-bond donors (Lipinski definition) is 0. The summed E-state index contributed by atoms with van der Waals surface area (Å²) < 4.78 is 7.77. The molecule has 6 heteroatoms. The predicted octanol–water partition coefficient (Wildman–Crippen LogP) is 3.23. The lowest BCUT2D eigenvalue weighted by molar-refractivity contribution is 0.0515. The van der Waals surface area contributed by atoms with Crippen LogP contribution in [-0.4, -0.2) is 22.4 Å². The van der Waals surface area contributed by atoms with Gasteiger partial charge in [0.25, 0.3) is 0 Å². The molecule has 0 saturated carbocycles. The lowest BCUT2D eigenvalue weighted by atomic mass is 10.2. The molecule has 1 heterocycles. The van der Waals surface area contributed by atoms with Crippen LogP contribution in [0.3, 0.4) is 0 Å². The van der Waals surface area contributed by atoms with Gasteiger partial charge in [-0.15, -0.1) is 0 Å². The van der Waals surface area contributed by atoms with E-state index in [2.05, 4.69) is 27.7 Å². The molecule has 0 aliphatic carbocycles. The van der Waals surface area contributed by atoms with Crippen LogP contribution in [0.4, 0.5) is 0 Å².